The first-order chi connectivity index (χ1) is 11.7. The lowest BCUT2D eigenvalue weighted by molar-refractivity contribution is -0.137. The lowest BCUT2D eigenvalue weighted by Gasteiger charge is -2.37. The molecule has 0 saturated heterocycles. The topological polar surface area (TPSA) is 47.6 Å². The van der Waals surface area contributed by atoms with Crippen molar-refractivity contribution in [3.63, 3.8) is 0 Å². The van der Waals surface area contributed by atoms with Crippen LogP contribution in [0.5, 0.6) is 0 Å². The van der Waals surface area contributed by atoms with Crippen molar-refractivity contribution in [2.24, 2.45) is 0 Å². The van der Waals surface area contributed by atoms with Gasteiger partial charge in [0, 0.05) is 18.7 Å². The van der Waals surface area contributed by atoms with Crippen molar-refractivity contribution in [2.45, 2.75) is 58.4 Å². The fourth-order valence-corrected chi connectivity index (χ4v) is 2.96. The van der Waals surface area contributed by atoms with Crippen molar-refractivity contribution >= 4 is 14.3 Å². The zero-order valence-corrected chi connectivity index (χ0v) is 17.5. The second kappa shape index (κ2) is 9.90. The van der Waals surface area contributed by atoms with Crippen LogP contribution in [-0.4, -0.2) is 33.5 Å². The number of benzene rings is 1. The maximum absolute atomic E-state index is 11.6. The average molecular weight is 364 g/mol. The van der Waals surface area contributed by atoms with Crippen LogP contribution in [0.4, 0.5) is 0 Å². The van der Waals surface area contributed by atoms with Crippen LogP contribution in [0, 0.1) is 0 Å². The minimum absolute atomic E-state index is 0.0428. The Hall–Kier alpha value is -1.43. The second-order valence-corrected chi connectivity index (χ2v) is 12.5. The largest absolute Gasteiger partial charge is 0.463 e. The van der Waals surface area contributed by atoms with Gasteiger partial charge in [-0.1, -0.05) is 57.2 Å². The molecule has 0 saturated carbocycles. The van der Waals surface area contributed by atoms with E-state index in [1.54, 1.807) is 6.92 Å². The molecule has 0 spiro atoms. The van der Waals surface area contributed by atoms with E-state index in [0.717, 1.165) is 6.54 Å². The smallest absolute Gasteiger partial charge is 0.330 e. The number of hydrogen-bond acceptors (Lipinski definition) is 4. The fraction of sp³-hybridized carbons (Fsp3) is 0.550. The van der Waals surface area contributed by atoms with Gasteiger partial charge in [-0.05, 0) is 30.6 Å². The Morgan fingerprint density at radius 1 is 1.24 bits per heavy atom. The van der Waals surface area contributed by atoms with E-state index < -0.39 is 8.32 Å². The molecule has 0 heterocycles. The zero-order valence-electron chi connectivity index (χ0n) is 16.5. The average Bonchev–Trinajstić information content (AvgIpc) is 2.54. The molecule has 1 rings (SSSR count). The molecular weight excluding hydrogens is 330 g/mol. The molecule has 0 aliphatic carbocycles. The third kappa shape index (κ3) is 7.99. The van der Waals surface area contributed by atoms with Gasteiger partial charge in [0.05, 0.1) is 13.2 Å². The molecule has 0 aromatic heterocycles. The molecule has 0 amide bonds. The lowest BCUT2D eigenvalue weighted by Crippen LogP contribution is -2.44. The van der Waals surface area contributed by atoms with E-state index in [2.05, 4.69) is 51.3 Å². The first-order valence-electron chi connectivity index (χ1n) is 8.92. The van der Waals surface area contributed by atoms with Crippen molar-refractivity contribution in [1.29, 1.82) is 0 Å². The second-order valence-electron chi connectivity index (χ2n) is 7.66. The van der Waals surface area contributed by atoms with Crippen molar-refractivity contribution < 1.29 is 14.0 Å². The summed E-state index contributed by atoms with van der Waals surface area (Å²) >= 11 is 0. The van der Waals surface area contributed by atoms with Crippen molar-refractivity contribution in [3.05, 3.63) is 48.0 Å². The number of esters is 1. The lowest BCUT2D eigenvalue weighted by atomic mass is 10.2. The summed E-state index contributed by atoms with van der Waals surface area (Å²) in [5, 5.41) is 3.61. The molecule has 1 aromatic carbocycles. The van der Waals surface area contributed by atoms with E-state index in [4.69, 9.17) is 9.16 Å². The van der Waals surface area contributed by atoms with Crippen LogP contribution in [0.2, 0.25) is 18.1 Å². The molecule has 1 aromatic rings. The van der Waals surface area contributed by atoms with Gasteiger partial charge in [-0.15, -0.1) is 0 Å². The molecule has 1 N–H and O–H groups in total. The molecule has 0 aliphatic rings. The zero-order chi connectivity index (χ0) is 18.9. The van der Waals surface area contributed by atoms with Gasteiger partial charge in [-0.25, -0.2) is 4.79 Å². The van der Waals surface area contributed by atoms with E-state index in [0.29, 0.717) is 13.2 Å². The van der Waals surface area contributed by atoms with Gasteiger partial charge in [0.25, 0.3) is 0 Å². The molecule has 0 aliphatic heterocycles. The van der Waals surface area contributed by atoms with Crippen molar-refractivity contribution in [1.82, 2.24) is 5.32 Å². The SMILES string of the molecule is CCOC(=O)/C=C/[C@@H](CO[Si](C)(C)C(C)(C)C)NCc1ccccc1. The highest BCUT2D eigenvalue weighted by Crippen LogP contribution is 2.36. The standard InChI is InChI=1S/C20H33NO3Si/c1-7-23-19(22)14-13-18(16-24-25(5,6)20(2,3)4)21-15-17-11-9-8-10-12-17/h8-14,18,21H,7,15-16H2,1-6H3/b14-13+/t18-/m0/s1. The summed E-state index contributed by atoms with van der Waals surface area (Å²) in [6, 6.07) is 10.2. The summed E-state index contributed by atoms with van der Waals surface area (Å²) in [5.74, 6) is -0.318. The maximum atomic E-state index is 11.6. The minimum atomic E-state index is -1.84. The van der Waals surface area contributed by atoms with Gasteiger partial charge >= 0.3 is 5.97 Å². The Kier molecular flexibility index (Phi) is 8.55. The first-order valence-corrected chi connectivity index (χ1v) is 11.8. The Balaban J connectivity index is 2.71. The molecule has 0 fully saturated rings. The summed E-state index contributed by atoms with van der Waals surface area (Å²) in [6.45, 7) is 14.6. The monoisotopic (exact) mass is 363 g/mol. The predicted molar refractivity (Wildman–Crippen MR) is 106 cm³/mol. The number of carbonyl (C=O) groups excluding carboxylic acids is 1. The molecule has 1 atom stereocenters. The molecule has 5 heteroatoms. The summed E-state index contributed by atoms with van der Waals surface area (Å²) < 4.78 is 11.3. The number of ether oxygens (including phenoxy) is 1. The Bertz CT molecular complexity index is 550. The Morgan fingerprint density at radius 3 is 2.44 bits per heavy atom. The molecule has 0 radical (unpaired) electrons. The molecule has 4 nitrogen and oxygen atoms in total. The summed E-state index contributed by atoms with van der Waals surface area (Å²) in [7, 11) is -1.84. The number of nitrogens with one attached hydrogen (secondary N) is 1. The van der Waals surface area contributed by atoms with Gasteiger partial charge in [-0.2, -0.15) is 0 Å². The molecular formula is C20H33NO3Si. The van der Waals surface area contributed by atoms with Crippen molar-refractivity contribution in [3.8, 4) is 0 Å². The quantitative estimate of drug-likeness (QED) is 0.404. The number of carbonyl (C=O) groups is 1. The molecule has 0 unspecified atom stereocenters. The van der Waals surface area contributed by atoms with Gasteiger partial charge in [0.1, 0.15) is 0 Å². The van der Waals surface area contributed by atoms with Gasteiger partial charge in [0.2, 0.25) is 0 Å². The third-order valence-corrected chi connectivity index (χ3v) is 9.09. The molecule has 0 bridgehead atoms. The van der Waals surface area contributed by atoms with Crippen LogP contribution in [0.1, 0.15) is 33.3 Å². The van der Waals surface area contributed by atoms with Crippen LogP contribution in [0.15, 0.2) is 42.5 Å². The normalized spacial score (nSPS) is 13.8. The van der Waals surface area contributed by atoms with Crippen LogP contribution in [-0.2, 0) is 20.5 Å². The van der Waals surface area contributed by atoms with Crippen LogP contribution >= 0.6 is 0 Å². The van der Waals surface area contributed by atoms with Crippen LogP contribution in [0.25, 0.3) is 0 Å². The van der Waals surface area contributed by atoms with Gasteiger partial charge in [0.15, 0.2) is 8.32 Å². The van der Waals surface area contributed by atoms with Gasteiger partial charge in [-0.3, -0.25) is 0 Å². The van der Waals surface area contributed by atoms with E-state index in [1.165, 1.54) is 11.6 Å². The third-order valence-electron chi connectivity index (χ3n) is 4.59. The Labute approximate surface area is 153 Å². The highest BCUT2D eigenvalue weighted by atomic mass is 28.4. The fourth-order valence-electron chi connectivity index (χ4n) is 1.93. The summed E-state index contributed by atoms with van der Waals surface area (Å²) in [5.41, 5.74) is 1.20. The van der Waals surface area contributed by atoms with E-state index in [-0.39, 0.29) is 17.0 Å². The minimum Gasteiger partial charge on any atom is -0.463 e. The van der Waals surface area contributed by atoms with Crippen LogP contribution < -0.4 is 5.32 Å². The Morgan fingerprint density at radius 2 is 1.88 bits per heavy atom. The van der Waals surface area contributed by atoms with E-state index >= 15 is 0 Å². The maximum Gasteiger partial charge on any atom is 0.330 e. The predicted octanol–water partition coefficient (Wildman–Crippen LogP) is 4.29. The molecule has 25 heavy (non-hydrogen) atoms. The van der Waals surface area contributed by atoms with Crippen LogP contribution in [0.3, 0.4) is 0 Å². The van der Waals surface area contributed by atoms with E-state index in [1.807, 2.05) is 24.3 Å². The highest BCUT2D eigenvalue weighted by Gasteiger charge is 2.37. The summed E-state index contributed by atoms with van der Waals surface area (Å²) in [4.78, 5) is 11.6. The number of hydrogen-bond donors (Lipinski definition) is 1. The van der Waals surface area contributed by atoms with Gasteiger partial charge < -0.3 is 14.5 Å². The number of rotatable bonds is 9. The van der Waals surface area contributed by atoms with E-state index in [9.17, 15) is 4.79 Å². The highest BCUT2D eigenvalue weighted by molar-refractivity contribution is 6.74. The van der Waals surface area contributed by atoms with Crippen molar-refractivity contribution in [2.75, 3.05) is 13.2 Å². The molecule has 140 valence electrons. The summed E-state index contributed by atoms with van der Waals surface area (Å²) in [6.07, 6.45) is 3.33. The first kappa shape index (κ1) is 21.6.